The van der Waals surface area contributed by atoms with E-state index >= 15 is 0 Å². The molecule has 0 aliphatic rings. The van der Waals surface area contributed by atoms with Crippen LogP contribution in [0.25, 0.3) is 0 Å². The lowest BCUT2D eigenvalue weighted by molar-refractivity contribution is 0.444. The number of anilines is 1. The lowest BCUT2D eigenvalue weighted by Gasteiger charge is -2.21. The molecule has 5 nitrogen and oxygen atoms in total. The topological polar surface area (TPSA) is 97.8 Å². The van der Waals surface area contributed by atoms with Crippen LogP contribution in [-0.2, 0) is 5.54 Å². The van der Waals surface area contributed by atoms with Crippen LogP contribution < -0.4 is 17.0 Å². The highest BCUT2D eigenvalue weighted by molar-refractivity contribution is 5.26. The van der Waals surface area contributed by atoms with Crippen molar-refractivity contribution in [2.24, 2.45) is 5.73 Å². The minimum atomic E-state index is -0.630. The van der Waals surface area contributed by atoms with Crippen LogP contribution in [0.2, 0.25) is 0 Å². The zero-order valence-corrected chi connectivity index (χ0v) is 7.79. The van der Waals surface area contributed by atoms with Crippen molar-refractivity contribution in [2.45, 2.75) is 25.8 Å². The maximum atomic E-state index is 11.0. The number of nitrogens with one attached hydrogen (secondary N) is 1. The SMILES string of the molecule is CCC(C)(N)c1nc(N)cc(=O)[nH]1. The molecule has 0 fully saturated rings. The van der Waals surface area contributed by atoms with E-state index in [-0.39, 0.29) is 11.4 Å². The van der Waals surface area contributed by atoms with Crippen molar-refractivity contribution in [3.05, 3.63) is 22.2 Å². The first kappa shape index (κ1) is 9.73. The fourth-order valence-electron chi connectivity index (χ4n) is 0.914. The van der Waals surface area contributed by atoms with E-state index in [0.29, 0.717) is 12.2 Å². The summed E-state index contributed by atoms with van der Waals surface area (Å²) in [7, 11) is 0. The fraction of sp³-hybridized carbons (Fsp3) is 0.500. The predicted octanol–water partition coefficient (Wildman–Crippen LogP) is -0.0640. The minimum Gasteiger partial charge on any atom is -0.383 e. The molecule has 0 spiro atoms. The van der Waals surface area contributed by atoms with Gasteiger partial charge in [0, 0.05) is 6.07 Å². The summed E-state index contributed by atoms with van der Waals surface area (Å²) in [6.45, 7) is 3.72. The Balaban J connectivity index is 3.23. The van der Waals surface area contributed by atoms with Gasteiger partial charge in [-0.1, -0.05) is 6.92 Å². The number of nitrogen functional groups attached to an aromatic ring is 1. The van der Waals surface area contributed by atoms with E-state index in [4.69, 9.17) is 11.5 Å². The second kappa shape index (κ2) is 3.18. The van der Waals surface area contributed by atoms with Crippen molar-refractivity contribution >= 4 is 5.82 Å². The van der Waals surface area contributed by atoms with Crippen LogP contribution in [0.5, 0.6) is 0 Å². The molecule has 0 bridgehead atoms. The van der Waals surface area contributed by atoms with Crippen molar-refractivity contribution in [1.82, 2.24) is 9.97 Å². The molecule has 0 amide bonds. The highest BCUT2D eigenvalue weighted by Crippen LogP contribution is 2.15. The van der Waals surface area contributed by atoms with Crippen LogP contribution >= 0.6 is 0 Å². The van der Waals surface area contributed by atoms with Crippen molar-refractivity contribution < 1.29 is 0 Å². The van der Waals surface area contributed by atoms with Gasteiger partial charge in [0.2, 0.25) is 0 Å². The van der Waals surface area contributed by atoms with Crippen LogP contribution in [0.3, 0.4) is 0 Å². The third-order valence-electron chi connectivity index (χ3n) is 2.04. The summed E-state index contributed by atoms with van der Waals surface area (Å²) in [5.41, 5.74) is 10.4. The fourth-order valence-corrected chi connectivity index (χ4v) is 0.914. The van der Waals surface area contributed by atoms with E-state index in [0.717, 1.165) is 0 Å². The van der Waals surface area contributed by atoms with Crippen LogP contribution in [0.15, 0.2) is 10.9 Å². The first-order chi connectivity index (χ1) is 5.95. The Bertz CT molecular complexity index is 355. The van der Waals surface area contributed by atoms with Gasteiger partial charge in [-0.3, -0.25) is 4.79 Å². The monoisotopic (exact) mass is 182 g/mol. The molecule has 0 aliphatic carbocycles. The highest BCUT2D eigenvalue weighted by Gasteiger charge is 2.21. The summed E-state index contributed by atoms with van der Waals surface area (Å²) in [5.74, 6) is 0.629. The number of nitrogens with two attached hydrogens (primary N) is 2. The Morgan fingerprint density at radius 1 is 1.69 bits per heavy atom. The molecule has 1 aromatic rings. The smallest absolute Gasteiger partial charge is 0.253 e. The molecule has 72 valence electrons. The first-order valence-corrected chi connectivity index (χ1v) is 4.12. The van der Waals surface area contributed by atoms with Gasteiger partial charge in [0.1, 0.15) is 11.6 Å². The molecule has 13 heavy (non-hydrogen) atoms. The molecule has 0 saturated carbocycles. The highest BCUT2D eigenvalue weighted by atomic mass is 16.1. The van der Waals surface area contributed by atoms with Gasteiger partial charge in [-0.15, -0.1) is 0 Å². The average Bonchev–Trinajstić information content (AvgIpc) is 2.02. The Morgan fingerprint density at radius 2 is 2.31 bits per heavy atom. The third kappa shape index (κ3) is 2.06. The maximum Gasteiger partial charge on any atom is 0.253 e. The van der Waals surface area contributed by atoms with Crippen LogP contribution in [-0.4, -0.2) is 9.97 Å². The molecular weight excluding hydrogens is 168 g/mol. The Hall–Kier alpha value is -1.36. The summed E-state index contributed by atoms with van der Waals surface area (Å²) in [6, 6.07) is 1.23. The van der Waals surface area contributed by atoms with E-state index in [1.807, 2.05) is 6.92 Å². The number of aromatic amines is 1. The Kier molecular flexibility index (Phi) is 2.38. The Labute approximate surface area is 76.2 Å². The van der Waals surface area contributed by atoms with Crippen LogP contribution in [0.1, 0.15) is 26.1 Å². The molecule has 0 radical (unpaired) electrons. The molecule has 1 heterocycles. The largest absolute Gasteiger partial charge is 0.383 e. The zero-order valence-electron chi connectivity index (χ0n) is 7.79. The van der Waals surface area contributed by atoms with Gasteiger partial charge in [0.15, 0.2) is 0 Å². The molecule has 1 unspecified atom stereocenters. The van der Waals surface area contributed by atoms with E-state index < -0.39 is 5.54 Å². The lowest BCUT2D eigenvalue weighted by Crippen LogP contribution is -2.36. The van der Waals surface area contributed by atoms with E-state index in [9.17, 15) is 4.79 Å². The van der Waals surface area contributed by atoms with Gasteiger partial charge in [-0.2, -0.15) is 0 Å². The van der Waals surface area contributed by atoms with Gasteiger partial charge in [-0.05, 0) is 13.3 Å². The molecule has 1 rings (SSSR count). The van der Waals surface area contributed by atoms with Crippen molar-refractivity contribution in [3.63, 3.8) is 0 Å². The summed E-state index contributed by atoms with van der Waals surface area (Å²) in [5, 5.41) is 0. The molecule has 0 aromatic carbocycles. The number of nitrogens with zero attached hydrogens (tertiary/aromatic N) is 1. The predicted molar refractivity (Wildman–Crippen MR) is 51.1 cm³/mol. The average molecular weight is 182 g/mol. The molecule has 1 atom stereocenters. The van der Waals surface area contributed by atoms with Gasteiger partial charge in [0.25, 0.3) is 5.56 Å². The van der Waals surface area contributed by atoms with E-state index in [1.54, 1.807) is 6.92 Å². The molecule has 1 aromatic heterocycles. The standard InChI is InChI=1S/C8H14N4O/c1-3-8(2,10)7-11-5(9)4-6(13)12-7/h4H,3,10H2,1-2H3,(H3,9,11,12,13). The van der Waals surface area contributed by atoms with Crippen LogP contribution in [0, 0.1) is 0 Å². The molecule has 0 aliphatic heterocycles. The number of H-pyrrole nitrogens is 1. The molecular formula is C8H14N4O. The lowest BCUT2D eigenvalue weighted by atomic mass is 10.00. The summed E-state index contributed by atoms with van der Waals surface area (Å²) in [6.07, 6.45) is 0.680. The van der Waals surface area contributed by atoms with Crippen molar-refractivity contribution in [1.29, 1.82) is 0 Å². The summed E-state index contributed by atoms with van der Waals surface area (Å²) in [4.78, 5) is 17.6. The molecule has 5 N–H and O–H groups in total. The number of hydrogen-bond donors (Lipinski definition) is 3. The number of hydrogen-bond acceptors (Lipinski definition) is 4. The van der Waals surface area contributed by atoms with Gasteiger partial charge >= 0.3 is 0 Å². The maximum absolute atomic E-state index is 11.0. The van der Waals surface area contributed by atoms with Gasteiger partial charge in [0.05, 0.1) is 5.54 Å². The van der Waals surface area contributed by atoms with Gasteiger partial charge < -0.3 is 16.5 Å². The number of rotatable bonds is 2. The Morgan fingerprint density at radius 3 is 2.77 bits per heavy atom. The quantitative estimate of drug-likeness (QED) is 0.596. The zero-order chi connectivity index (χ0) is 10.1. The second-order valence-corrected chi connectivity index (χ2v) is 3.29. The number of aromatic nitrogens is 2. The first-order valence-electron chi connectivity index (χ1n) is 4.12. The van der Waals surface area contributed by atoms with Gasteiger partial charge in [-0.25, -0.2) is 4.98 Å². The summed E-state index contributed by atoms with van der Waals surface area (Å²) < 4.78 is 0. The van der Waals surface area contributed by atoms with E-state index in [2.05, 4.69) is 9.97 Å². The summed E-state index contributed by atoms with van der Waals surface area (Å²) >= 11 is 0. The normalized spacial score (nSPS) is 15.3. The van der Waals surface area contributed by atoms with E-state index in [1.165, 1.54) is 6.07 Å². The van der Waals surface area contributed by atoms with Crippen molar-refractivity contribution in [3.8, 4) is 0 Å². The second-order valence-electron chi connectivity index (χ2n) is 3.29. The molecule has 0 saturated heterocycles. The molecule has 5 heteroatoms. The van der Waals surface area contributed by atoms with Crippen molar-refractivity contribution in [2.75, 3.05) is 5.73 Å². The third-order valence-corrected chi connectivity index (χ3v) is 2.04. The minimum absolute atomic E-state index is 0.198. The van der Waals surface area contributed by atoms with Crippen LogP contribution in [0.4, 0.5) is 5.82 Å².